The highest BCUT2D eigenvalue weighted by molar-refractivity contribution is 6.06. The first kappa shape index (κ1) is 16.5. The number of aliphatic carboxylic acids is 1. The number of carboxylic acid groups (broad SMARTS) is 1. The normalized spacial score (nSPS) is 20.7. The van der Waals surface area contributed by atoms with Crippen LogP contribution in [0.1, 0.15) is 29.3 Å². The summed E-state index contributed by atoms with van der Waals surface area (Å²) in [4.78, 5) is 26.1. The molecule has 1 saturated heterocycles. The Morgan fingerprint density at radius 3 is 2.88 bits per heavy atom. The molecule has 3 rings (SSSR count). The van der Waals surface area contributed by atoms with Crippen molar-refractivity contribution in [2.45, 2.75) is 19.8 Å². The van der Waals surface area contributed by atoms with Crippen LogP contribution in [0.2, 0.25) is 0 Å². The van der Waals surface area contributed by atoms with Gasteiger partial charge in [-0.05, 0) is 30.5 Å². The zero-order valence-electron chi connectivity index (χ0n) is 13.9. The number of aryl methyl sites for hydroxylation is 1. The molecule has 1 fully saturated rings. The fourth-order valence-electron chi connectivity index (χ4n) is 3.31. The number of carbonyl (C=O) groups excluding carboxylic acids is 1. The fourth-order valence-corrected chi connectivity index (χ4v) is 3.31. The number of amides is 1. The Labute approximate surface area is 140 Å². The first-order valence-electron chi connectivity index (χ1n) is 8.02. The molecule has 0 radical (unpaired) electrons. The zero-order valence-corrected chi connectivity index (χ0v) is 13.9. The van der Waals surface area contributed by atoms with Gasteiger partial charge in [-0.3, -0.25) is 9.59 Å². The van der Waals surface area contributed by atoms with Crippen molar-refractivity contribution < 1.29 is 23.8 Å². The number of fused-ring (bicyclic) bond motifs is 1. The van der Waals surface area contributed by atoms with E-state index in [1.54, 1.807) is 4.90 Å². The second-order valence-corrected chi connectivity index (χ2v) is 6.33. The predicted octanol–water partition coefficient (Wildman–Crippen LogP) is 2.56. The van der Waals surface area contributed by atoms with Gasteiger partial charge in [0.25, 0.3) is 5.91 Å². The molecule has 0 aliphatic carbocycles. The molecule has 24 heavy (non-hydrogen) atoms. The van der Waals surface area contributed by atoms with Gasteiger partial charge < -0.3 is 19.2 Å². The molecule has 1 N–H and O–H groups in total. The van der Waals surface area contributed by atoms with E-state index in [9.17, 15) is 14.7 Å². The molecular formula is C18H21NO5. The summed E-state index contributed by atoms with van der Waals surface area (Å²) in [5.74, 6) is -1.12. The van der Waals surface area contributed by atoms with Gasteiger partial charge in [0.15, 0.2) is 0 Å². The Morgan fingerprint density at radius 1 is 1.42 bits per heavy atom. The fraction of sp³-hybridized carbons (Fsp3) is 0.444. The molecule has 0 spiro atoms. The van der Waals surface area contributed by atoms with E-state index in [4.69, 9.17) is 9.15 Å². The van der Waals surface area contributed by atoms with Crippen LogP contribution in [-0.2, 0) is 16.0 Å². The van der Waals surface area contributed by atoms with Gasteiger partial charge in [-0.25, -0.2) is 0 Å². The minimum Gasteiger partial charge on any atom is -0.481 e. The van der Waals surface area contributed by atoms with Crippen molar-refractivity contribution >= 4 is 22.8 Å². The minimum absolute atomic E-state index is 0.0955. The van der Waals surface area contributed by atoms with Crippen molar-refractivity contribution in [2.24, 2.45) is 5.41 Å². The lowest BCUT2D eigenvalue weighted by Gasteiger charge is -2.23. The SMILES string of the molecule is CCc1ccc2occ(C(=O)N3CCC(COC)(C(=O)O)C3)c2c1. The molecule has 2 heterocycles. The molecule has 1 aromatic heterocycles. The van der Waals surface area contributed by atoms with Crippen LogP contribution in [0.3, 0.4) is 0 Å². The lowest BCUT2D eigenvalue weighted by atomic mass is 9.88. The first-order chi connectivity index (χ1) is 11.5. The quantitative estimate of drug-likeness (QED) is 0.911. The predicted molar refractivity (Wildman–Crippen MR) is 88.1 cm³/mol. The van der Waals surface area contributed by atoms with E-state index in [1.807, 2.05) is 18.2 Å². The average molecular weight is 331 g/mol. The third kappa shape index (κ3) is 2.67. The number of rotatable bonds is 5. The molecule has 1 atom stereocenters. The number of likely N-dealkylation sites (tertiary alicyclic amines) is 1. The maximum Gasteiger partial charge on any atom is 0.313 e. The summed E-state index contributed by atoms with van der Waals surface area (Å²) in [5, 5.41) is 10.3. The number of hydrogen-bond acceptors (Lipinski definition) is 4. The van der Waals surface area contributed by atoms with Crippen LogP contribution in [0.25, 0.3) is 11.0 Å². The Morgan fingerprint density at radius 2 is 2.21 bits per heavy atom. The summed E-state index contributed by atoms with van der Waals surface area (Å²) in [5.41, 5.74) is 1.24. The van der Waals surface area contributed by atoms with E-state index in [2.05, 4.69) is 6.92 Å². The zero-order chi connectivity index (χ0) is 17.3. The van der Waals surface area contributed by atoms with E-state index >= 15 is 0 Å². The summed E-state index contributed by atoms with van der Waals surface area (Å²) in [6.07, 6.45) is 2.72. The second kappa shape index (κ2) is 6.28. The van der Waals surface area contributed by atoms with Crippen molar-refractivity contribution in [1.29, 1.82) is 0 Å². The Hall–Kier alpha value is -2.34. The van der Waals surface area contributed by atoms with Crippen molar-refractivity contribution in [1.82, 2.24) is 4.90 Å². The van der Waals surface area contributed by atoms with Crippen molar-refractivity contribution in [3.63, 3.8) is 0 Å². The molecule has 0 saturated carbocycles. The largest absolute Gasteiger partial charge is 0.481 e. The van der Waals surface area contributed by atoms with E-state index in [0.717, 1.165) is 17.4 Å². The van der Waals surface area contributed by atoms with E-state index < -0.39 is 11.4 Å². The van der Waals surface area contributed by atoms with Crippen LogP contribution in [0.5, 0.6) is 0 Å². The highest BCUT2D eigenvalue weighted by Gasteiger charge is 2.46. The Balaban J connectivity index is 1.89. The number of nitrogens with zero attached hydrogens (tertiary/aromatic N) is 1. The van der Waals surface area contributed by atoms with E-state index in [-0.39, 0.29) is 19.1 Å². The summed E-state index contributed by atoms with van der Waals surface area (Å²) >= 11 is 0. The van der Waals surface area contributed by atoms with Gasteiger partial charge in [0.2, 0.25) is 0 Å². The summed E-state index contributed by atoms with van der Waals surface area (Å²) < 4.78 is 10.6. The Bertz CT molecular complexity index is 781. The highest BCUT2D eigenvalue weighted by Crippen LogP contribution is 2.33. The number of benzene rings is 1. The summed E-state index contributed by atoms with van der Waals surface area (Å²) in [6.45, 7) is 2.69. The summed E-state index contributed by atoms with van der Waals surface area (Å²) in [6, 6.07) is 5.80. The van der Waals surface area contributed by atoms with Crippen LogP contribution < -0.4 is 0 Å². The molecule has 1 aliphatic heterocycles. The van der Waals surface area contributed by atoms with Crippen LogP contribution in [0, 0.1) is 5.41 Å². The third-order valence-electron chi connectivity index (χ3n) is 4.79. The number of carbonyl (C=O) groups is 2. The van der Waals surface area contributed by atoms with Crippen LogP contribution in [-0.4, -0.2) is 48.7 Å². The topological polar surface area (TPSA) is 80.0 Å². The summed E-state index contributed by atoms with van der Waals surface area (Å²) in [7, 11) is 1.48. The lowest BCUT2D eigenvalue weighted by molar-refractivity contribution is -0.151. The molecule has 6 heteroatoms. The van der Waals surface area contributed by atoms with Gasteiger partial charge in [0.05, 0.1) is 12.2 Å². The minimum atomic E-state index is -1.03. The van der Waals surface area contributed by atoms with Crippen molar-refractivity contribution in [3.8, 4) is 0 Å². The lowest BCUT2D eigenvalue weighted by Crippen LogP contribution is -2.40. The van der Waals surface area contributed by atoms with E-state index in [0.29, 0.717) is 24.1 Å². The van der Waals surface area contributed by atoms with Crippen LogP contribution in [0.4, 0.5) is 0 Å². The maximum atomic E-state index is 12.9. The molecule has 1 aromatic carbocycles. The molecule has 128 valence electrons. The van der Waals surface area contributed by atoms with Gasteiger partial charge >= 0.3 is 5.97 Å². The first-order valence-corrected chi connectivity index (χ1v) is 8.02. The van der Waals surface area contributed by atoms with E-state index in [1.165, 1.54) is 13.4 Å². The average Bonchev–Trinajstić information content (AvgIpc) is 3.19. The molecule has 2 aromatic rings. The number of hydrogen-bond donors (Lipinski definition) is 1. The van der Waals surface area contributed by atoms with Gasteiger partial charge in [-0.2, -0.15) is 0 Å². The smallest absolute Gasteiger partial charge is 0.313 e. The van der Waals surface area contributed by atoms with Crippen molar-refractivity contribution in [2.75, 3.05) is 26.8 Å². The number of methoxy groups -OCH3 is 1. The number of ether oxygens (including phenoxy) is 1. The van der Waals surface area contributed by atoms with Gasteiger partial charge in [-0.1, -0.05) is 13.0 Å². The monoisotopic (exact) mass is 331 g/mol. The molecular weight excluding hydrogens is 310 g/mol. The molecule has 6 nitrogen and oxygen atoms in total. The van der Waals surface area contributed by atoms with Crippen LogP contribution >= 0.6 is 0 Å². The standard InChI is InChI=1S/C18H21NO5/c1-3-12-4-5-15-13(8-12)14(9-24-15)16(20)19-7-6-18(10-19,11-23-2)17(21)22/h4-5,8-9H,3,6-7,10-11H2,1-2H3,(H,21,22). The van der Waals surface area contributed by atoms with Gasteiger partial charge in [0, 0.05) is 25.6 Å². The van der Waals surface area contributed by atoms with Gasteiger partial charge in [0.1, 0.15) is 17.3 Å². The maximum absolute atomic E-state index is 12.9. The molecule has 1 amide bonds. The van der Waals surface area contributed by atoms with Crippen molar-refractivity contribution in [3.05, 3.63) is 35.6 Å². The third-order valence-corrected chi connectivity index (χ3v) is 4.79. The number of furan rings is 1. The van der Waals surface area contributed by atoms with Gasteiger partial charge in [-0.15, -0.1) is 0 Å². The highest BCUT2D eigenvalue weighted by atomic mass is 16.5. The second-order valence-electron chi connectivity index (χ2n) is 6.33. The molecule has 1 aliphatic rings. The molecule has 0 bridgehead atoms. The molecule has 1 unspecified atom stereocenters. The number of carboxylic acids is 1. The Kier molecular flexibility index (Phi) is 4.32. The van der Waals surface area contributed by atoms with Crippen LogP contribution in [0.15, 0.2) is 28.9 Å².